The average Bonchev–Trinajstić information content (AvgIpc) is 3.16. The smallest absolute Gasteiger partial charge is 0.253 e. The summed E-state index contributed by atoms with van der Waals surface area (Å²) >= 11 is 0. The highest BCUT2D eigenvalue weighted by atomic mass is 16.2. The molecule has 1 heterocycles. The van der Waals surface area contributed by atoms with Crippen LogP contribution in [0.25, 0.3) is 0 Å². The van der Waals surface area contributed by atoms with Crippen LogP contribution < -0.4 is 0 Å². The Hall–Kier alpha value is -2.88. The summed E-state index contributed by atoms with van der Waals surface area (Å²) in [6, 6.07) is 20.0. The fourth-order valence-corrected chi connectivity index (χ4v) is 2.83. The van der Waals surface area contributed by atoms with Crippen LogP contribution in [0, 0.1) is 0 Å². The lowest BCUT2D eigenvalue weighted by atomic mass is 10.1. The number of carbonyl (C=O) groups excluding carboxylic acids is 1. The Morgan fingerprint density at radius 1 is 1.00 bits per heavy atom. The van der Waals surface area contributed by atoms with Crippen molar-refractivity contribution in [3.05, 3.63) is 89.7 Å². The number of aromatic nitrogens is 2. The zero-order chi connectivity index (χ0) is 17.5. The van der Waals surface area contributed by atoms with Gasteiger partial charge in [0.15, 0.2) is 0 Å². The van der Waals surface area contributed by atoms with Crippen LogP contribution in [0.2, 0.25) is 0 Å². The Kier molecular flexibility index (Phi) is 5.62. The zero-order valence-corrected chi connectivity index (χ0v) is 14.5. The van der Waals surface area contributed by atoms with Crippen LogP contribution in [-0.4, -0.2) is 33.7 Å². The van der Waals surface area contributed by atoms with E-state index in [1.807, 2.05) is 71.2 Å². The van der Waals surface area contributed by atoms with Crippen LogP contribution in [-0.2, 0) is 13.0 Å². The van der Waals surface area contributed by atoms with Gasteiger partial charge in [0.2, 0.25) is 0 Å². The molecule has 128 valence electrons. The lowest BCUT2D eigenvalue weighted by Gasteiger charge is -2.21. The van der Waals surface area contributed by atoms with E-state index in [1.54, 1.807) is 6.20 Å². The van der Waals surface area contributed by atoms with Crippen molar-refractivity contribution in [3.63, 3.8) is 0 Å². The van der Waals surface area contributed by atoms with Gasteiger partial charge < -0.3 is 4.90 Å². The lowest BCUT2D eigenvalue weighted by molar-refractivity contribution is 0.0766. The molecule has 25 heavy (non-hydrogen) atoms. The normalized spacial score (nSPS) is 10.6. The highest BCUT2D eigenvalue weighted by molar-refractivity contribution is 5.94. The number of nitrogens with zero attached hydrogens (tertiary/aromatic N) is 3. The number of hydrogen-bond donors (Lipinski definition) is 0. The van der Waals surface area contributed by atoms with E-state index in [-0.39, 0.29) is 5.91 Å². The van der Waals surface area contributed by atoms with Gasteiger partial charge in [-0.15, -0.1) is 0 Å². The average molecular weight is 333 g/mol. The third-order valence-electron chi connectivity index (χ3n) is 4.29. The molecular weight excluding hydrogens is 310 g/mol. The maximum absolute atomic E-state index is 12.7. The third-order valence-corrected chi connectivity index (χ3v) is 4.29. The van der Waals surface area contributed by atoms with E-state index in [1.165, 1.54) is 5.56 Å². The summed E-state index contributed by atoms with van der Waals surface area (Å²) < 4.78 is 1.87. The summed E-state index contributed by atoms with van der Waals surface area (Å²) in [6.45, 7) is 4.18. The molecule has 0 N–H and O–H groups in total. The maximum atomic E-state index is 12.7. The minimum atomic E-state index is 0.0871. The highest BCUT2D eigenvalue weighted by Crippen LogP contribution is 2.10. The molecule has 1 amide bonds. The summed E-state index contributed by atoms with van der Waals surface area (Å²) in [4.78, 5) is 14.6. The number of likely N-dealkylation sites (N-methyl/N-ethyl adjacent to an activating group) is 1. The second-order valence-corrected chi connectivity index (χ2v) is 6.02. The van der Waals surface area contributed by atoms with Crippen molar-refractivity contribution in [2.75, 3.05) is 13.1 Å². The minimum absolute atomic E-state index is 0.0871. The summed E-state index contributed by atoms with van der Waals surface area (Å²) in [6.07, 6.45) is 4.57. The molecule has 1 aromatic heterocycles. The van der Waals surface area contributed by atoms with E-state index in [0.29, 0.717) is 13.1 Å². The van der Waals surface area contributed by atoms with Gasteiger partial charge in [-0.25, -0.2) is 0 Å². The van der Waals surface area contributed by atoms with E-state index in [4.69, 9.17) is 0 Å². The topological polar surface area (TPSA) is 38.1 Å². The molecule has 4 nitrogen and oxygen atoms in total. The molecule has 0 aliphatic rings. The molecule has 4 heteroatoms. The van der Waals surface area contributed by atoms with Crippen molar-refractivity contribution in [1.29, 1.82) is 0 Å². The SMILES string of the molecule is CCN(CCc1ccccc1)C(=O)c1ccc(Cn2cccn2)cc1. The van der Waals surface area contributed by atoms with Crippen LogP contribution in [0.5, 0.6) is 0 Å². The molecule has 0 radical (unpaired) electrons. The van der Waals surface area contributed by atoms with Gasteiger partial charge >= 0.3 is 0 Å². The highest BCUT2D eigenvalue weighted by Gasteiger charge is 2.14. The molecule has 2 aromatic carbocycles. The molecule has 0 fully saturated rings. The van der Waals surface area contributed by atoms with Crippen LogP contribution in [0.4, 0.5) is 0 Å². The Morgan fingerprint density at radius 2 is 1.76 bits per heavy atom. The van der Waals surface area contributed by atoms with Crippen molar-refractivity contribution < 1.29 is 4.79 Å². The van der Waals surface area contributed by atoms with Crippen LogP contribution >= 0.6 is 0 Å². The molecular formula is C21H23N3O. The van der Waals surface area contributed by atoms with Crippen molar-refractivity contribution in [1.82, 2.24) is 14.7 Å². The lowest BCUT2D eigenvalue weighted by Crippen LogP contribution is -2.32. The van der Waals surface area contributed by atoms with Gasteiger partial charge in [0.1, 0.15) is 0 Å². The van der Waals surface area contributed by atoms with Gasteiger partial charge in [-0.3, -0.25) is 9.48 Å². The van der Waals surface area contributed by atoms with Crippen molar-refractivity contribution in [2.45, 2.75) is 19.9 Å². The molecule has 3 aromatic rings. The number of benzene rings is 2. The summed E-state index contributed by atoms with van der Waals surface area (Å²) in [5, 5.41) is 4.21. The van der Waals surface area contributed by atoms with Crippen molar-refractivity contribution in [3.8, 4) is 0 Å². The molecule has 0 bridgehead atoms. The van der Waals surface area contributed by atoms with Gasteiger partial charge in [-0.05, 0) is 42.7 Å². The molecule has 0 saturated carbocycles. The van der Waals surface area contributed by atoms with Gasteiger partial charge in [-0.2, -0.15) is 5.10 Å². The standard InChI is InChI=1S/C21H23N3O/c1-2-23(16-13-18-7-4-3-5-8-18)21(25)20-11-9-19(10-12-20)17-24-15-6-14-22-24/h3-12,14-15H,2,13,16-17H2,1H3. The first kappa shape index (κ1) is 17.0. The van der Waals surface area contributed by atoms with Crippen molar-refractivity contribution >= 4 is 5.91 Å². The summed E-state index contributed by atoms with van der Waals surface area (Å²) in [7, 11) is 0. The molecule has 0 unspecified atom stereocenters. The van der Waals surface area contributed by atoms with E-state index in [0.717, 1.165) is 24.1 Å². The monoisotopic (exact) mass is 333 g/mol. The predicted molar refractivity (Wildman–Crippen MR) is 99.5 cm³/mol. The minimum Gasteiger partial charge on any atom is -0.339 e. The van der Waals surface area contributed by atoms with Crippen molar-refractivity contribution in [2.24, 2.45) is 0 Å². The van der Waals surface area contributed by atoms with Gasteiger partial charge in [0, 0.05) is 31.0 Å². The van der Waals surface area contributed by atoms with E-state index in [2.05, 4.69) is 17.2 Å². The summed E-state index contributed by atoms with van der Waals surface area (Å²) in [5.41, 5.74) is 3.12. The van der Waals surface area contributed by atoms with Gasteiger partial charge in [0.05, 0.1) is 6.54 Å². The molecule has 0 saturated heterocycles. The Labute approximate surface area is 148 Å². The second kappa shape index (κ2) is 8.29. The van der Waals surface area contributed by atoms with Crippen LogP contribution in [0.1, 0.15) is 28.4 Å². The Balaban J connectivity index is 1.61. The first-order valence-corrected chi connectivity index (χ1v) is 8.66. The van der Waals surface area contributed by atoms with E-state index >= 15 is 0 Å². The Bertz CT molecular complexity index is 780. The third kappa shape index (κ3) is 4.57. The first-order valence-electron chi connectivity index (χ1n) is 8.66. The molecule has 0 spiro atoms. The molecule has 3 rings (SSSR count). The van der Waals surface area contributed by atoms with E-state index in [9.17, 15) is 4.79 Å². The molecule has 0 aliphatic carbocycles. The number of carbonyl (C=O) groups is 1. The van der Waals surface area contributed by atoms with Gasteiger partial charge in [0.25, 0.3) is 5.91 Å². The zero-order valence-electron chi connectivity index (χ0n) is 14.5. The summed E-state index contributed by atoms with van der Waals surface area (Å²) in [5.74, 6) is 0.0871. The first-order chi connectivity index (χ1) is 12.3. The van der Waals surface area contributed by atoms with Gasteiger partial charge in [-0.1, -0.05) is 42.5 Å². The molecule has 0 aliphatic heterocycles. The molecule has 0 atom stereocenters. The second-order valence-electron chi connectivity index (χ2n) is 6.02. The fourth-order valence-electron chi connectivity index (χ4n) is 2.83. The quantitative estimate of drug-likeness (QED) is 0.662. The largest absolute Gasteiger partial charge is 0.339 e. The number of hydrogen-bond acceptors (Lipinski definition) is 2. The van der Waals surface area contributed by atoms with Crippen LogP contribution in [0.15, 0.2) is 73.1 Å². The fraction of sp³-hybridized carbons (Fsp3) is 0.238. The Morgan fingerprint density at radius 3 is 2.40 bits per heavy atom. The number of rotatable bonds is 7. The van der Waals surface area contributed by atoms with E-state index < -0.39 is 0 Å². The number of amides is 1. The predicted octanol–water partition coefficient (Wildman–Crippen LogP) is 3.64. The maximum Gasteiger partial charge on any atom is 0.253 e. The van der Waals surface area contributed by atoms with Crippen LogP contribution in [0.3, 0.4) is 0 Å².